The molecule has 3 saturated carbocycles. The molecule has 284 valence electrons. The number of nitrogens with one attached hydrogen (secondary N) is 3. The number of rotatable bonds is 14. The van der Waals surface area contributed by atoms with Crippen LogP contribution in [0.15, 0.2) is 0 Å². The molecule has 0 spiro atoms. The number of urea groups is 1. The van der Waals surface area contributed by atoms with Crippen molar-refractivity contribution in [3.63, 3.8) is 0 Å². The lowest BCUT2D eigenvalue weighted by molar-refractivity contribution is -0.146. The summed E-state index contributed by atoms with van der Waals surface area (Å²) in [5.74, 6) is -2.83. The average Bonchev–Trinajstić information content (AvgIpc) is 3.27. The molecular formula is C37H63N5O7S. The third-order valence-electron chi connectivity index (χ3n) is 12.4. The Morgan fingerprint density at radius 2 is 1.52 bits per heavy atom. The van der Waals surface area contributed by atoms with Gasteiger partial charge in [0, 0.05) is 6.54 Å². The van der Waals surface area contributed by atoms with Crippen LogP contribution >= 0.6 is 0 Å². The number of primary amides is 1. The first-order valence-electron chi connectivity index (χ1n) is 18.7. The van der Waals surface area contributed by atoms with Crippen LogP contribution in [0.1, 0.15) is 127 Å². The maximum Gasteiger partial charge on any atom is 0.315 e. The zero-order chi connectivity index (χ0) is 37.6. The summed E-state index contributed by atoms with van der Waals surface area (Å²) in [4.78, 5) is 69.3. The molecule has 5 amide bonds. The maximum atomic E-state index is 14.8. The SMILES string of the molecule is CC(C)C[C@](C)(CS(=O)(=O)C(C)(C)C)NC(=O)N[C@H](C(=O)N1C[C@H]2[C@@H]([C@H]1C(=O)NC(CC1CCC1)C(=O)C(N)=O)C2(C)C)C1(C)CCCCC1. The predicted octanol–water partition coefficient (Wildman–Crippen LogP) is 3.86. The number of hydrogen-bond acceptors (Lipinski definition) is 7. The third kappa shape index (κ3) is 8.49. The number of hydrogen-bond donors (Lipinski definition) is 4. The predicted molar refractivity (Wildman–Crippen MR) is 192 cm³/mol. The monoisotopic (exact) mass is 721 g/mol. The Bertz CT molecular complexity index is 1440. The minimum Gasteiger partial charge on any atom is -0.363 e. The second-order valence-corrected chi connectivity index (χ2v) is 21.2. The lowest BCUT2D eigenvalue weighted by atomic mass is 9.70. The van der Waals surface area contributed by atoms with Crippen LogP contribution in [0.3, 0.4) is 0 Å². The molecule has 13 heteroatoms. The van der Waals surface area contributed by atoms with Crippen molar-refractivity contribution in [3.05, 3.63) is 0 Å². The number of fused-ring (bicyclic) bond motifs is 1. The molecule has 5 N–H and O–H groups in total. The second kappa shape index (κ2) is 14.4. The van der Waals surface area contributed by atoms with Gasteiger partial charge in [0.05, 0.1) is 22.1 Å². The standard InChI is InChI=1S/C37H63N5O7S/c1-22(2)19-37(9,21-50(48,49)34(3,4)5)41-33(47)40-29(36(8)16-11-10-12-17-36)32(46)42-20-24-26(35(24,6)7)27(42)31(45)39-25(28(43)30(38)44)18-23-14-13-15-23/h22-27,29H,10-21H2,1-9H3,(H2,38,44)(H,39,45)(H2,40,41,47)/t24-,25?,26-,27-,29+,37+/m0/s1. The Kier molecular flexibility index (Phi) is 11.5. The van der Waals surface area contributed by atoms with Gasteiger partial charge in [-0.1, -0.05) is 73.1 Å². The van der Waals surface area contributed by atoms with Crippen LogP contribution in [-0.4, -0.2) is 83.6 Å². The van der Waals surface area contributed by atoms with Gasteiger partial charge in [-0.05, 0) is 87.9 Å². The second-order valence-electron chi connectivity index (χ2n) is 18.5. The van der Waals surface area contributed by atoms with Crippen molar-refractivity contribution >= 4 is 39.4 Å². The molecule has 0 aromatic carbocycles. The van der Waals surface area contributed by atoms with Gasteiger partial charge in [-0.15, -0.1) is 0 Å². The molecule has 1 unspecified atom stereocenters. The molecule has 1 saturated heterocycles. The first-order chi connectivity index (χ1) is 22.9. The van der Waals surface area contributed by atoms with E-state index in [9.17, 15) is 32.4 Å². The van der Waals surface area contributed by atoms with Crippen LogP contribution in [-0.2, 0) is 29.0 Å². The van der Waals surface area contributed by atoms with Gasteiger partial charge in [-0.25, -0.2) is 13.2 Å². The number of nitrogens with two attached hydrogens (primary N) is 1. The highest BCUT2D eigenvalue weighted by Crippen LogP contribution is 2.65. The molecular weight excluding hydrogens is 659 g/mol. The van der Waals surface area contributed by atoms with Crippen LogP contribution in [0.4, 0.5) is 4.79 Å². The van der Waals surface area contributed by atoms with Crippen LogP contribution in [0, 0.1) is 34.5 Å². The average molecular weight is 722 g/mol. The number of ketones is 1. The minimum absolute atomic E-state index is 0.0599. The van der Waals surface area contributed by atoms with E-state index in [0.29, 0.717) is 32.2 Å². The number of sulfone groups is 1. The summed E-state index contributed by atoms with van der Waals surface area (Å²) in [6.07, 6.45) is 7.78. The van der Waals surface area contributed by atoms with E-state index >= 15 is 0 Å². The number of amides is 5. The Morgan fingerprint density at radius 3 is 2.02 bits per heavy atom. The van der Waals surface area contributed by atoms with Crippen LogP contribution in [0.25, 0.3) is 0 Å². The van der Waals surface area contributed by atoms with Crippen molar-refractivity contribution < 1.29 is 32.4 Å². The first-order valence-corrected chi connectivity index (χ1v) is 20.3. The van der Waals surface area contributed by atoms with Crippen LogP contribution in [0.5, 0.6) is 0 Å². The summed E-state index contributed by atoms with van der Waals surface area (Å²) in [6.45, 7) is 17.1. The van der Waals surface area contributed by atoms with Gasteiger partial charge >= 0.3 is 6.03 Å². The summed E-state index contributed by atoms with van der Waals surface area (Å²) in [6, 6.07) is -3.53. The van der Waals surface area contributed by atoms with Crippen LogP contribution < -0.4 is 21.7 Å². The fourth-order valence-corrected chi connectivity index (χ4v) is 10.5. The molecule has 6 atom stereocenters. The van der Waals surface area contributed by atoms with E-state index in [0.717, 1.165) is 38.5 Å². The summed E-state index contributed by atoms with van der Waals surface area (Å²) >= 11 is 0. The third-order valence-corrected chi connectivity index (χ3v) is 15.2. The number of carbonyl (C=O) groups is 5. The topological polar surface area (TPSA) is 185 Å². The van der Waals surface area contributed by atoms with E-state index in [1.807, 2.05) is 20.8 Å². The lowest BCUT2D eigenvalue weighted by Gasteiger charge is -2.44. The van der Waals surface area contributed by atoms with Gasteiger partial charge in [0.1, 0.15) is 12.1 Å². The number of likely N-dealkylation sites (tertiary alicyclic amines) is 1. The van der Waals surface area contributed by atoms with Gasteiger partial charge in [-0.2, -0.15) is 0 Å². The van der Waals surface area contributed by atoms with Gasteiger partial charge in [0.2, 0.25) is 17.6 Å². The summed E-state index contributed by atoms with van der Waals surface area (Å²) < 4.78 is 25.7. The van der Waals surface area contributed by atoms with Crippen molar-refractivity contribution in [2.75, 3.05) is 12.3 Å². The molecule has 12 nitrogen and oxygen atoms in total. The summed E-state index contributed by atoms with van der Waals surface area (Å²) in [7, 11) is -3.61. The maximum absolute atomic E-state index is 14.8. The summed E-state index contributed by atoms with van der Waals surface area (Å²) in [5.41, 5.74) is 3.47. The molecule has 0 aromatic rings. The number of piperidine rings is 1. The van der Waals surface area contributed by atoms with Crippen molar-refractivity contribution in [1.29, 1.82) is 0 Å². The molecule has 4 aliphatic rings. The minimum atomic E-state index is -3.61. The van der Waals surface area contributed by atoms with Gasteiger partial charge in [0.15, 0.2) is 9.84 Å². The van der Waals surface area contributed by atoms with E-state index in [-0.39, 0.29) is 40.7 Å². The molecule has 4 fully saturated rings. The van der Waals surface area contributed by atoms with E-state index in [1.54, 1.807) is 32.6 Å². The largest absolute Gasteiger partial charge is 0.363 e. The summed E-state index contributed by atoms with van der Waals surface area (Å²) in [5, 5.41) is 8.80. The Hall–Kier alpha value is -2.70. The molecule has 0 aromatic heterocycles. The first kappa shape index (κ1) is 40.1. The van der Waals surface area contributed by atoms with Gasteiger partial charge in [-0.3, -0.25) is 19.2 Å². The van der Waals surface area contributed by atoms with E-state index in [2.05, 4.69) is 29.8 Å². The van der Waals surface area contributed by atoms with Crippen molar-refractivity contribution in [2.45, 2.75) is 155 Å². The fraction of sp³-hybridized carbons (Fsp3) is 0.865. The Labute approximate surface area is 299 Å². The fourth-order valence-electron chi connectivity index (χ4n) is 9.01. The molecule has 0 radical (unpaired) electrons. The smallest absolute Gasteiger partial charge is 0.315 e. The lowest BCUT2D eigenvalue weighted by Crippen LogP contribution is -2.64. The number of nitrogens with zero attached hydrogens (tertiary/aromatic N) is 1. The zero-order valence-corrected chi connectivity index (χ0v) is 32.6. The van der Waals surface area contributed by atoms with E-state index in [1.165, 1.54) is 0 Å². The Balaban J connectivity index is 1.62. The van der Waals surface area contributed by atoms with Crippen molar-refractivity contribution in [1.82, 2.24) is 20.9 Å². The van der Waals surface area contributed by atoms with Gasteiger partial charge in [0.25, 0.3) is 5.91 Å². The highest BCUT2D eigenvalue weighted by molar-refractivity contribution is 7.92. The van der Waals surface area contributed by atoms with Crippen molar-refractivity contribution in [2.24, 2.45) is 40.2 Å². The van der Waals surface area contributed by atoms with E-state index < -0.39 is 67.3 Å². The molecule has 50 heavy (non-hydrogen) atoms. The Morgan fingerprint density at radius 1 is 0.920 bits per heavy atom. The van der Waals surface area contributed by atoms with E-state index in [4.69, 9.17) is 5.73 Å². The quantitative estimate of drug-likeness (QED) is 0.196. The highest BCUT2D eigenvalue weighted by Gasteiger charge is 2.70. The molecule has 4 rings (SSSR count). The normalized spacial score (nSPS) is 26.8. The van der Waals surface area contributed by atoms with Gasteiger partial charge < -0.3 is 26.6 Å². The highest BCUT2D eigenvalue weighted by atomic mass is 32.2. The molecule has 1 aliphatic heterocycles. The molecule has 3 aliphatic carbocycles. The van der Waals surface area contributed by atoms with Crippen molar-refractivity contribution in [3.8, 4) is 0 Å². The number of carbonyl (C=O) groups excluding carboxylic acids is 5. The number of Topliss-reactive ketones (excluding diaryl/α,β-unsaturated/α-hetero) is 1. The zero-order valence-electron chi connectivity index (χ0n) is 31.8. The van der Waals surface area contributed by atoms with Crippen LogP contribution in [0.2, 0.25) is 0 Å². The molecule has 1 heterocycles. The molecule has 0 bridgehead atoms.